The number of carbonyl (C=O) groups is 6. The molecule has 7 N–H and O–H groups in total. The van der Waals surface area contributed by atoms with Gasteiger partial charge in [0.25, 0.3) is 5.91 Å². The van der Waals surface area contributed by atoms with Crippen LogP contribution in [0.1, 0.15) is 109 Å². The first-order chi connectivity index (χ1) is 28.1. The number of hydrogen-bond donors (Lipinski definition) is 7. The number of H-pyrrole nitrogens is 1. The van der Waals surface area contributed by atoms with Crippen molar-refractivity contribution < 1.29 is 48.5 Å². The van der Waals surface area contributed by atoms with E-state index in [1.54, 1.807) is 0 Å². The highest BCUT2D eigenvalue weighted by Gasteiger charge is 2.36. The van der Waals surface area contributed by atoms with E-state index < -0.39 is 48.2 Å². The first-order valence-electron chi connectivity index (χ1n) is 20.6. The first-order valence-corrected chi connectivity index (χ1v) is 20.6. The SMILES string of the molecule is CCC1=C(C)C(CC2N/C(=C\c3[nH]c(/C=C4/NC(=O)C(C)C4CC)c(C)c3CCC(=O)OC3CNC(C(=O)O)C3)C(CCC(=O)OC3CNC(C(=O)O)C3)=C2C)=NC1=O. The summed E-state index contributed by atoms with van der Waals surface area (Å²) in [6.45, 7) is 12.3. The molecule has 0 spiro atoms. The summed E-state index contributed by atoms with van der Waals surface area (Å²) in [6.07, 6.45) is 5.68. The van der Waals surface area contributed by atoms with Crippen LogP contribution < -0.4 is 21.3 Å². The van der Waals surface area contributed by atoms with Crippen molar-refractivity contribution in [1.82, 2.24) is 26.3 Å². The van der Waals surface area contributed by atoms with Crippen molar-refractivity contribution in [3.8, 4) is 0 Å². The molecule has 3 fully saturated rings. The third-order valence-electron chi connectivity index (χ3n) is 12.5. The topological polar surface area (TPSA) is 238 Å². The fraction of sp³-hybridized carbons (Fsp3) is 0.558. The molecule has 0 saturated carbocycles. The Hall–Kier alpha value is -5.35. The molecule has 1 aromatic rings. The summed E-state index contributed by atoms with van der Waals surface area (Å²) in [5.74, 6) is -3.31. The number of carboxylic acids is 2. The number of nitrogens with one attached hydrogen (secondary N) is 5. The van der Waals surface area contributed by atoms with Crippen LogP contribution in [0.3, 0.4) is 0 Å². The molecule has 5 aliphatic rings. The molecule has 5 aliphatic heterocycles. The number of esters is 2. The molecule has 0 aromatic carbocycles. The van der Waals surface area contributed by atoms with Crippen molar-refractivity contribution in [1.29, 1.82) is 0 Å². The molecule has 6 rings (SSSR count). The lowest BCUT2D eigenvalue weighted by atomic mass is 9.92. The Morgan fingerprint density at radius 3 is 2.00 bits per heavy atom. The number of aliphatic carboxylic acids is 2. The van der Waals surface area contributed by atoms with E-state index in [0.29, 0.717) is 42.7 Å². The predicted molar refractivity (Wildman–Crippen MR) is 218 cm³/mol. The Bertz CT molecular complexity index is 2070. The predicted octanol–water partition coefficient (Wildman–Crippen LogP) is 3.61. The number of nitrogens with zero attached hydrogens (tertiary/aromatic N) is 1. The Labute approximate surface area is 343 Å². The molecule has 3 saturated heterocycles. The standard InChI is InChI=1S/C43H56N6O10/c1-7-26-23(6)40(52)49-33(26)16-31-22(5)29(10-12-39(51)59-25-14-37(43(56)57)45-19-25)35(47-31)17-34-28(9-11-38(50)58-24-13-36(42(54)55)44-18-24)21(4)30(46-34)15-32-20(3)27(8-2)41(53)48-32/h16-17,23-26,30,36-37,44-47H,7-15,18-19H2,1-6H3,(H,49,52)(H,54,55)(H,56,57)/b33-16+,34-17-. The number of carbonyl (C=O) groups excluding carboxylic acids is 4. The minimum atomic E-state index is -0.991. The molecule has 7 atom stereocenters. The maximum absolute atomic E-state index is 13.2. The van der Waals surface area contributed by atoms with E-state index in [1.165, 1.54) is 0 Å². The molecular weight excluding hydrogens is 761 g/mol. The second-order valence-electron chi connectivity index (χ2n) is 16.2. The van der Waals surface area contributed by atoms with Crippen LogP contribution in [-0.2, 0) is 44.7 Å². The van der Waals surface area contributed by atoms with Gasteiger partial charge in [0.1, 0.15) is 24.3 Å². The summed E-state index contributed by atoms with van der Waals surface area (Å²) in [4.78, 5) is 82.5. The highest BCUT2D eigenvalue weighted by molar-refractivity contribution is 6.19. The van der Waals surface area contributed by atoms with E-state index in [-0.39, 0.29) is 68.5 Å². The summed E-state index contributed by atoms with van der Waals surface area (Å²) in [6, 6.07) is -1.78. The lowest BCUT2D eigenvalue weighted by Crippen LogP contribution is -2.30. The quantitative estimate of drug-likeness (QED) is 0.118. The van der Waals surface area contributed by atoms with E-state index in [1.807, 2.05) is 53.7 Å². The van der Waals surface area contributed by atoms with Crippen molar-refractivity contribution in [2.75, 3.05) is 13.1 Å². The molecule has 16 heteroatoms. The fourth-order valence-electron chi connectivity index (χ4n) is 8.88. The largest absolute Gasteiger partial charge is 0.480 e. The number of rotatable bonds is 16. The van der Waals surface area contributed by atoms with Crippen LogP contribution in [-0.4, -0.2) is 100 Å². The van der Waals surface area contributed by atoms with Crippen molar-refractivity contribution in [2.45, 2.75) is 130 Å². The van der Waals surface area contributed by atoms with Crippen LogP contribution >= 0.6 is 0 Å². The van der Waals surface area contributed by atoms with Crippen LogP contribution in [0, 0.1) is 18.8 Å². The maximum atomic E-state index is 13.2. The van der Waals surface area contributed by atoms with E-state index in [2.05, 4.69) is 31.2 Å². The van der Waals surface area contributed by atoms with Gasteiger partial charge in [-0.05, 0) is 86.5 Å². The molecule has 0 aliphatic carbocycles. The second-order valence-corrected chi connectivity index (χ2v) is 16.2. The van der Waals surface area contributed by atoms with Gasteiger partial charge in [-0.1, -0.05) is 20.8 Å². The number of amides is 2. The maximum Gasteiger partial charge on any atom is 0.320 e. The Morgan fingerprint density at radius 1 is 0.847 bits per heavy atom. The van der Waals surface area contributed by atoms with Gasteiger partial charge < -0.3 is 45.9 Å². The van der Waals surface area contributed by atoms with E-state index in [9.17, 15) is 39.0 Å². The Kier molecular flexibility index (Phi) is 13.4. The van der Waals surface area contributed by atoms with Gasteiger partial charge >= 0.3 is 23.9 Å². The number of ether oxygens (including phenoxy) is 2. The van der Waals surface area contributed by atoms with Crippen molar-refractivity contribution in [3.05, 3.63) is 56.2 Å². The molecule has 318 valence electrons. The number of hydrogen-bond acceptors (Lipinski definition) is 11. The van der Waals surface area contributed by atoms with Crippen molar-refractivity contribution in [2.24, 2.45) is 16.8 Å². The zero-order valence-corrected chi connectivity index (χ0v) is 34.6. The zero-order chi connectivity index (χ0) is 42.7. The highest BCUT2D eigenvalue weighted by Crippen LogP contribution is 2.36. The van der Waals surface area contributed by atoms with Gasteiger partial charge in [0, 0.05) is 85.4 Å². The summed E-state index contributed by atoms with van der Waals surface area (Å²) >= 11 is 0. The lowest BCUT2D eigenvalue weighted by Gasteiger charge is -2.15. The molecule has 7 unspecified atom stereocenters. The number of aromatic amines is 1. The zero-order valence-electron chi connectivity index (χ0n) is 34.6. The molecule has 2 amide bonds. The highest BCUT2D eigenvalue weighted by atomic mass is 16.5. The molecule has 0 bridgehead atoms. The summed E-state index contributed by atoms with van der Waals surface area (Å²) < 4.78 is 11.3. The van der Waals surface area contributed by atoms with E-state index in [4.69, 9.17) is 9.47 Å². The molecule has 16 nitrogen and oxygen atoms in total. The van der Waals surface area contributed by atoms with Gasteiger partial charge in [-0.15, -0.1) is 0 Å². The van der Waals surface area contributed by atoms with Crippen LogP contribution in [0.2, 0.25) is 0 Å². The molecule has 1 aromatic heterocycles. The van der Waals surface area contributed by atoms with Gasteiger partial charge in [-0.2, -0.15) is 0 Å². The van der Waals surface area contributed by atoms with Gasteiger partial charge in [0.2, 0.25) is 5.91 Å². The van der Waals surface area contributed by atoms with Crippen molar-refractivity contribution in [3.63, 3.8) is 0 Å². The minimum absolute atomic E-state index is 0.0143. The minimum Gasteiger partial charge on any atom is -0.480 e. The van der Waals surface area contributed by atoms with Crippen LogP contribution in [0.25, 0.3) is 12.2 Å². The molecule has 59 heavy (non-hydrogen) atoms. The van der Waals surface area contributed by atoms with E-state index >= 15 is 0 Å². The normalized spacial score (nSPS) is 28.2. The summed E-state index contributed by atoms with van der Waals surface area (Å²) in [5.41, 5.74) is 8.89. The average Bonchev–Trinajstić information content (AvgIpc) is 4.03. The van der Waals surface area contributed by atoms with Crippen molar-refractivity contribution >= 4 is 53.6 Å². The number of aromatic nitrogens is 1. The number of carboxylic acid groups (broad SMARTS) is 2. The number of allylic oxidation sites excluding steroid dienone is 3. The lowest BCUT2D eigenvalue weighted by molar-refractivity contribution is -0.149. The fourth-order valence-corrected chi connectivity index (χ4v) is 8.88. The Morgan fingerprint density at radius 2 is 1.46 bits per heavy atom. The van der Waals surface area contributed by atoms with Crippen LogP contribution in [0.5, 0.6) is 0 Å². The number of aliphatic imine (C=N–C) groups is 1. The van der Waals surface area contributed by atoms with Crippen LogP contribution in [0.15, 0.2) is 38.7 Å². The third kappa shape index (κ3) is 9.59. The Balaban J connectivity index is 1.30. The summed E-state index contributed by atoms with van der Waals surface area (Å²) in [5, 5.41) is 31.1. The first kappa shape index (κ1) is 43.2. The molecule has 0 radical (unpaired) electrons. The van der Waals surface area contributed by atoms with Gasteiger partial charge in [0.15, 0.2) is 0 Å². The third-order valence-corrected chi connectivity index (χ3v) is 12.5. The average molecular weight is 817 g/mol. The van der Waals surface area contributed by atoms with E-state index in [0.717, 1.165) is 51.4 Å². The molecular formula is C43H56N6O10. The van der Waals surface area contributed by atoms with Gasteiger partial charge in [0.05, 0.1) is 11.8 Å². The van der Waals surface area contributed by atoms with Gasteiger partial charge in [-0.25, -0.2) is 4.99 Å². The van der Waals surface area contributed by atoms with Gasteiger partial charge in [-0.3, -0.25) is 28.8 Å². The van der Waals surface area contributed by atoms with Crippen LogP contribution in [0.4, 0.5) is 0 Å². The smallest absolute Gasteiger partial charge is 0.320 e. The monoisotopic (exact) mass is 816 g/mol. The second kappa shape index (κ2) is 18.3. The molecule has 6 heterocycles. The summed E-state index contributed by atoms with van der Waals surface area (Å²) in [7, 11) is 0.